The Hall–Kier alpha value is -1.54. The van der Waals surface area contributed by atoms with E-state index in [0.29, 0.717) is 17.1 Å². The van der Waals surface area contributed by atoms with E-state index in [9.17, 15) is 13.2 Å². The first-order valence-corrected chi connectivity index (χ1v) is 15.6. The molecule has 3 nitrogen and oxygen atoms in total. The number of aliphatic imine (C=N–C) groups is 1. The van der Waals surface area contributed by atoms with E-state index < -0.39 is 11.9 Å². The fraction of sp³-hybridized carbons (Fsp3) is 0.292. The van der Waals surface area contributed by atoms with Crippen LogP contribution < -0.4 is 0 Å². The first kappa shape index (κ1) is 27.7. The Labute approximate surface area is 212 Å². The number of pyridine rings is 2. The average molecular weight is 627 g/mol. The zero-order valence-electron chi connectivity index (χ0n) is 18.5. The van der Waals surface area contributed by atoms with Crippen molar-refractivity contribution >= 4 is 39.6 Å². The molecule has 0 amide bonds. The summed E-state index contributed by atoms with van der Waals surface area (Å²) >= 11 is 7.00. The summed E-state index contributed by atoms with van der Waals surface area (Å²) in [6, 6.07) is 15.3. The van der Waals surface area contributed by atoms with Crippen LogP contribution in [0.3, 0.4) is 0 Å². The van der Waals surface area contributed by atoms with E-state index in [4.69, 9.17) is 0 Å². The van der Waals surface area contributed by atoms with Crippen molar-refractivity contribution in [2.24, 2.45) is 4.99 Å². The molecule has 0 bridgehead atoms. The number of halogens is 5. The molecule has 0 radical (unpaired) electrons. The molecule has 0 atom stereocenters. The van der Waals surface area contributed by atoms with Gasteiger partial charge >= 0.3 is 45.7 Å². The van der Waals surface area contributed by atoms with Crippen LogP contribution in [0.4, 0.5) is 18.9 Å². The number of hydrogen-bond donors (Lipinski definition) is 0. The topological polar surface area (TPSA) is 38.1 Å². The molecule has 9 heteroatoms. The molecule has 1 aromatic carbocycles. The summed E-state index contributed by atoms with van der Waals surface area (Å²) < 4.78 is 42.3. The molecule has 3 aromatic rings. The third kappa shape index (κ3) is 7.74. The van der Waals surface area contributed by atoms with Crippen molar-refractivity contribution in [1.82, 2.24) is 9.97 Å². The predicted octanol–water partition coefficient (Wildman–Crippen LogP) is 8.76. The van der Waals surface area contributed by atoms with Crippen molar-refractivity contribution in [3.05, 3.63) is 77.6 Å². The third-order valence-corrected chi connectivity index (χ3v) is 4.75. The van der Waals surface area contributed by atoms with Gasteiger partial charge in [-0.05, 0) is 47.2 Å². The average Bonchev–Trinajstić information content (AvgIpc) is 2.77. The molecular weight excluding hydrogens is 603 g/mol. The Bertz CT molecular complexity index is 1050. The van der Waals surface area contributed by atoms with E-state index in [-0.39, 0.29) is 17.5 Å². The van der Waals surface area contributed by atoms with Crippen LogP contribution in [0.15, 0.2) is 65.8 Å². The van der Waals surface area contributed by atoms with Gasteiger partial charge in [0.1, 0.15) is 0 Å². The number of hydrogen-bond acceptors (Lipinski definition) is 3. The van der Waals surface area contributed by atoms with Gasteiger partial charge < -0.3 is 0 Å². The SMILES string of the molecule is CC(C)c1cccc(C(C)C)c1N=C(c1cccc(-c2ccccn2)n1)C(F)(F)F.[Br][Fe][Br]. The fourth-order valence-electron chi connectivity index (χ4n) is 3.24. The molecule has 0 saturated heterocycles. The van der Waals surface area contributed by atoms with Crippen molar-refractivity contribution in [2.45, 2.75) is 45.7 Å². The van der Waals surface area contributed by atoms with Gasteiger partial charge in [0.05, 0.1) is 22.8 Å². The number of rotatable bonds is 5. The zero-order valence-corrected chi connectivity index (χ0v) is 22.8. The fourth-order valence-corrected chi connectivity index (χ4v) is 3.24. The van der Waals surface area contributed by atoms with Gasteiger partial charge in [-0.3, -0.25) is 4.98 Å². The standard InChI is InChI=1S/C24H24F3N3.2BrH.Fe/c1-15(2)17-9-7-10-18(16(3)4)22(17)30-23(24(25,26)27)21-13-8-12-20(29-21)19-11-5-6-14-28-19;;;/h5-16H,1-4H3;2*1H;/q;;;+2/p-2. The Kier molecular flexibility index (Phi) is 10.7. The van der Waals surface area contributed by atoms with Gasteiger partial charge in [-0.1, -0.05) is 58.0 Å². The normalized spacial score (nSPS) is 12.2. The molecule has 0 aliphatic rings. The Balaban J connectivity index is 0.00000122. The van der Waals surface area contributed by atoms with Gasteiger partial charge in [0.2, 0.25) is 0 Å². The van der Waals surface area contributed by atoms with E-state index in [1.165, 1.54) is 6.07 Å². The third-order valence-electron chi connectivity index (χ3n) is 4.75. The summed E-state index contributed by atoms with van der Waals surface area (Å²) in [5.74, 6) is 0.0643. The van der Waals surface area contributed by atoms with E-state index >= 15 is 0 Å². The van der Waals surface area contributed by atoms with Crippen LogP contribution in [0.1, 0.15) is 56.4 Å². The molecule has 0 aliphatic heterocycles. The summed E-state index contributed by atoms with van der Waals surface area (Å²) in [4.78, 5) is 12.6. The van der Waals surface area contributed by atoms with Gasteiger partial charge in [-0.15, -0.1) is 0 Å². The number of nitrogens with zero attached hydrogens (tertiary/aromatic N) is 3. The van der Waals surface area contributed by atoms with Crippen molar-refractivity contribution in [3.63, 3.8) is 0 Å². The van der Waals surface area contributed by atoms with Crippen LogP contribution in [-0.4, -0.2) is 21.9 Å². The van der Waals surface area contributed by atoms with Crippen molar-refractivity contribution in [3.8, 4) is 11.4 Å². The quantitative estimate of drug-likeness (QED) is 0.210. The van der Waals surface area contributed by atoms with Gasteiger partial charge in [0, 0.05) is 6.20 Å². The molecule has 0 unspecified atom stereocenters. The summed E-state index contributed by atoms with van der Waals surface area (Å²) in [5, 5.41) is 0. The molecule has 0 spiro atoms. The van der Waals surface area contributed by atoms with Gasteiger partial charge in [-0.2, -0.15) is 13.2 Å². The second-order valence-corrected chi connectivity index (χ2v) is 13.3. The summed E-state index contributed by atoms with van der Waals surface area (Å²) in [5.41, 5.74) is 1.58. The molecule has 0 saturated carbocycles. The Morgan fingerprint density at radius 2 is 1.39 bits per heavy atom. The number of alkyl halides is 3. The molecule has 33 heavy (non-hydrogen) atoms. The molecule has 3 rings (SSSR count). The first-order valence-electron chi connectivity index (χ1n) is 10.1. The maximum absolute atomic E-state index is 14.1. The summed E-state index contributed by atoms with van der Waals surface area (Å²) in [7, 11) is 0. The number of benzene rings is 1. The Morgan fingerprint density at radius 3 is 1.88 bits per heavy atom. The minimum atomic E-state index is -4.66. The zero-order chi connectivity index (χ0) is 24.6. The minimum absolute atomic E-state index is 0.0322. The Morgan fingerprint density at radius 1 is 0.848 bits per heavy atom. The predicted molar refractivity (Wildman–Crippen MR) is 132 cm³/mol. The molecule has 0 N–H and O–H groups in total. The van der Waals surface area contributed by atoms with Crippen molar-refractivity contribution in [1.29, 1.82) is 0 Å². The second kappa shape index (κ2) is 12.8. The van der Waals surface area contributed by atoms with Crippen LogP contribution in [0, 0.1) is 0 Å². The van der Waals surface area contributed by atoms with Crippen LogP contribution >= 0.6 is 28.2 Å². The van der Waals surface area contributed by atoms with Gasteiger partial charge in [-0.25, -0.2) is 9.98 Å². The first-order chi connectivity index (χ1) is 15.6. The van der Waals surface area contributed by atoms with Crippen LogP contribution in [0.5, 0.6) is 0 Å². The molecule has 2 aromatic heterocycles. The molecule has 2 heterocycles. The second-order valence-electron chi connectivity index (χ2n) is 7.73. The van der Waals surface area contributed by atoms with Crippen LogP contribution in [0.25, 0.3) is 11.4 Å². The number of aromatic nitrogens is 2. The monoisotopic (exact) mass is 625 g/mol. The molecular formula is C24H24Br2F3FeN3. The maximum atomic E-state index is 14.1. The molecule has 178 valence electrons. The van der Waals surface area contributed by atoms with E-state index in [2.05, 4.69) is 43.2 Å². The van der Waals surface area contributed by atoms with Gasteiger partial charge in [0.15, 0.2) is 5.71 Å². The van der Waals surface area contributed by atoms with E-state index in [1.807, 2.05) is 45.9 Å². The van der Waals surface area contributed by atoms with E-state index in [0.717, 1.165) is 22.5 Å². The molecule has 0 aliphatic carbocycles. The summed E-state index contributed by atoms with van der Waals surface area (Å²) in [6.07, 6.45) is -3.08. The molecule has 0 fully saturated rings. The van der Waals surface area contributed by atoms with Crippen LogP contribution in [0.2, 0.25) is 0 Å². The number of para-hydroxylation sites is 1. The van der Waals surface area contributed by atoms with Gasteiger partial charge in [0.25, 0.3) is 0 Å². The van der Waals surface area contributed by atoms with Crippen molar-refractivity contribution in [2.75, 3.05) is 0 Å². The van der Waals surface area contributed by atoms with Crippen molar-refractivity contribution < 1.29 is 24.5 Å². The summed E-state index contributed by atoms with van der Waals surface area (Å²) in [6.45, 7) is 7.80. The van der Waals surface area contributed by atoms with Crippen LogP contribution in [-0.2, 0) is 11.3 Å². The van der Waals surface area contributed by atoms with E-state index in [1.54, 1.807) is 36.5 Å².